The van der Waals surface area contributed by atoms with Crippen LogP contribution in [-0.4, -0.2) is 79.4 Å². The molecule has 102 valence electrons. The number of halogens is 3. The zero-order valence-electron chi connectivity index (χ0n) is 10.5. The van der Waals surface area contributed by atoms with E-state index in [0.29, 0.717) is 13.1 Å². The molecule has 0 aromatic carbocycles. The third-order valence-electron chi connectivity index (χ3n) is 2.80. The molecule has 1 heterocycles. The van der Waals surface area contributed by atoms with Gasteiger partial charge in [-0.1, -0.05) is 11.9 Å². The summed E-state index contributed by atoms with van der Waals surface area (Å²) in [5.41, 5.74) is 0. The number of nitrogens with zero attached hydrogens (tertiary/aromatic N) is 3. The quantitative estimate of drug-likeness (QED) is 0.714. The number of hydrogen-bond donors (Lipinski definition) is 0. The average molecular weight is 271 g/mol. The van der Waals surface area contributed by atoms with E-state index < -0.39 is 12.2 Å². The molecule has 0 aromatic heterocycles. The highest BCUT2D eigenvalue weighted by Crippen LogP contribution is 2.29. The van der Waals surface area contributed by atoms with Crippen LogP contribution >= 0.6 is 11.9 Å². The molecule has 3 nitrogen and oxygen atoms in total. The van der Waals surface area contributed by atoms with Crippen LogP contribution in [0.3, 0.4) is 0 Å². The molecule has 0 amide bonds. The number of hydrogen-bond acceptors (Lipinski definition) is 4. The number of rotatable bonds is 4. The first-order chi connectivity index (χ1) is 7.80. The molecule has 7 heteroatoms. The van der Waals surface area contributed by atoms with Gasteiger partial charge in [0.05, 0.1) is 0 Å². The van der Waals surface area contributed by atoms with E-state index in [1.807, 2.05) is 23.3 Å². The van der Waals surface area contributed by atoms with E-state index in [-0.39, 0.29) is 6.54 Å². The first-order valence-corrected chi connectivity index (χ1v) is 6.54. The Morgan fingerprint density at radius 1 is 1.29 bits per heavy atom. The van der Waals surface area contributed by atoms with Crippen molar-refractivity contribution in [3.63, 3.8) is 0 Å². The summed E-state index contributed by atoms with van der Waals surface area (Å²) in [6.07, 6.45) is -4.13. The Bertz CT molecular complexity index is 235. The lowest BCUT2D eigenvalue weighted by Gasteiger charge is -2.39. The van der Waals surface area contributed by atoms with Gasteiger partial charge >= 0.3 is 6.18 Å². The zero-order chi connectivity index (χ0) is 13.1. The lowest BCUT2D eigenvalue weighted by molar-refractivity contribution is -0.187. The summed E-state index contributed by atoms with van der Waals surface area (Å²) in [4.78, 5) is 3.42. The van der Waals surface area contributed by atoms with Crippen LogP contribution in [0.15, 0.2) is 0 Å². The fourth-order valence-corrected chi connectivity index (χ4v) is 2.83. The summed E-state index contributed by atoms with van der Waals surface area (Å²) >= 11 is 1.51. The molecule has 0 aliphatic carbocycles. The Kier molecular flexibility index (Phi) is 5.56. The molecule has 17 heavy (non-hydrogen) atoms. The monoisotopic (exact) mass is 271 g/mol. The van der Waals surface area contributed by atoms with E-state index in [4.69, 9.17) is 0 Å². The first kappa shape index (κ1) is 15.1. The average Bonchev–Trinajstić information content (AvgIpc) is 2.18. The third-order valence-corrected chi connectivity index (χ3v) is 3.86. The maximum atomic E-state index is 12.7. The van der Waals surface area contributed by atoms with Gasteiger partial charge < -0.3 is 4.90 Å². The van der Waals surface area contributed by atoms with Gasteiger partial charge in [0.2, 0.25) is 0 Å². The topological polar surface area (TPSA) is 9.72 Å². The van der Waals surface area contributed by atoms with Crippen molar-refractivity contribution < 1.29 is 13.2 Å². The molecule has 0 radical (unpaired) electrons. The fraction of sp³-hybridized carbons (Fsp3) is 1.00. The van der Waals surface area contributed by atoms with Gasteiger partial charge in [0, 0.05) is 31.9 Å². The smallest absolute Gasteiger partial charge is 0.309 e. The molecule has 1 atom stereocenters. The SMILES string of the molecule is CN(C)CCSN1CCN(C)C(C(F)(F)F)C1. The Labute approximate surface area is 105 Å². The van der Waals surface area contributed by atoms with Crippen LogP contribution in [0.4, 0.5) is 13.2 Å². The standard InChI is InChI=1S/C10H20F3N3S/c1-14(2)6-7-17-16-5-4-15(3)9(8-16)10(11,12)13/h9H,4-8H2,1-3H3. The molecule has 0 N–H and O–H groups in total. The minimum atomic E-state index is -4.13. The second-order valence-corrected chi connectivity index (χ2v) is 5.75. The van der Waals surface area contributed by atoms with Crippen LogP contribution in [-0.2, 0) is 0 Å². The highest BCUT2D eigenvalue weighted by atomic mass is 32.2. The highest BCUT2D eigenvalue weighted by molar-refractivity contribution is 7.97. The van der Waals surface area contributed by atoms with Crippen LogP contribution in [0.25, 0.3) is 0 Å². The zero-order valence-corrected chi connectivity index (χ0v) is 11.3. The van der Waals surface area contributed by atoms with E-state index in [0.717, 1.165) is 12.3 Å². The molecule has 1 saturated heterocycles. The van der Waals surface area contributed by atoms with Gasteiger partial charge in [-0.3, -0.25) is 4.90 Å². The summed E-state index contributed by atoms with van der Waals surface area (Å²) in [7, 11) is 5.46. The van der Waals surface area contributed by atoms with Crippen molar-refractivity contribution in [2.45, 2.75) is 12.2 Å². The Morgan fingerprint density at radius 3 is 2.47 bits per heavy atom. The van der Waals surface area contributed by atoms with Crippen LogP contribution in [0.5, 0.6) is 0 Å². The third kappa shape index (κ3) is 5.03. The molecule has 0 bridgehead atoms. The minimum absolute atomic E-state index is 0.0676. The molecule has 1 fully saturated rings. The van der Waals surface area contributed by atoms with Crippen molar-refractivity contribution in [1.29, 1.82) is 0 Å². The number of piperazine rings is 1. The van der Waals surface area contributed by atoms with Gasteiger partial charge in [-0.2, -0.15) is 13.2 Å². The van der Waals surface area contributed by atoms with Gasteiger partial charge in [0.15, 0.2) is 0 Å². The lowest BCUT2D eigenvalue weighted by Crippen LogP contribution is -2.55. The Balaban J connectivity index is 2.39. The summed E-state index contributed by atoms with van der Waals surface area (Å²) in [6, 6.07) is -1.33. The summed E-state index contributed by atoms with van der Waals surface area (Å²) in [5.74, 6) is 0.835. The summed E-state index contributed by atoms with van der Waals surface area (Å²) in [6.45, 7) is 2.12. The first-order valence-electron chi connectivity index (χ1n) is 5.60. The van der Waals surface area contributed by atoms with Gasteiger partial charge in [0.25, 0.3) is 0 Å². The molecule has 1 rings (SSSR count). The van der Waals surface area contributed by atoms with Crippen LogP contribution in [0, 0.1) is 0 Å². The maximum absolute atomic E-state index is 12.7. The van der Waals surface area contributed by atoms with Crippen LogP contribution < -0.4 is 0 Å². The van der Waals surface area contributed by atoms with Crippen LogP contribution in [0.1, 0.15) is 0 Å². The number of likely N-dealkylation sites (N-methyl/N-ethyl adjacent to an activating group) is 1. The molecular formula is C10H20F3N3S. The second kappa shape index (κ2) is 6.26. The van der Waals surface area contributed by atoms with Gasteiger partial charge in [-0.15, -0.1) is 0 Å². The van der Waals surface area contributed by atoms with Crippen molar-refractivity contribution in [1.82, 2.24) is 14.1 Å². The molecular weight excluding hydrogens is 251 g/mol. The molecule has 1 aliphatic heterocycles. The van der Waals surface area contributed by atoms with Crippen molar-refractivity contribution >= 4 is 11.9 Å². The lowest BCUT2D eigenvalue weighted by atomic mass is 10.2. The molecule has 0 saturated carbocycles. The van der Waals surface area contributed by atoms with E-state index in [1.165, 1.54) is 16.8 Å². The summed E-state index contributed by atoms with van der Waals surface area (Å²) < 4.78 is 40.0. The normalized spacial score (nSPS) is 24.5. The van der Waals surface area contributed by atoms with E-state index in [2.05, 4.69) is 0 Å². The predicted molar refractivity (Wildman–Crippen MR) is 65.1 cm³/mol. The van der Waals surface area contributed by atoms with Crippen molar-refractivity contribution in [2.75, 3.05) is 53.1 Å². The van der Waals surface area contributed by atoms with E-state index in [1.54, 1.807) is 7.05 Å². The predicted octanol–water partition coefficient (Wildman–Crippen LogP) is 1.37. The van der Waals surface area contributed by atoms with Gasteiger partial charge in [-0.05, 0) is 21.1 Å². The van der Waals surface area contributed by atoms with E-state index >= 15 is 0 Å². The Morgan fingerprint density at radius 2 is 1.94 bits per heavy atom. The minimum Gasteiger partial charge on any atom is -0.309 e. The second-order valence-electron chi connectivity index (χ2n) is 4.56. The largest absolute Gasteiger partial charge is 0.405 e. The maximum Gasteiger partial charge on any atom is 0.405 e. The highest BCUT2D eigenvalue weighted by Gasteiger charge is 2.45. The summed E-state index contributed by atoms with van der Waals surface area (Å²) in [5, 5.41) is 0. The van der Waals surface area contributed by atoms with Crippen LogP contribution in [0.2, 0.25) is 0 Å². The van der Waals surface area contributed by atoms with Crippen molar-refractivity contribution in [2.24, 2.45) is 0 Å². The van der Waals surface area contributed by atoms with Crippen molar-refractivity contribution in [3.05, 3.63) is 0 Å². The fourth-order valence-electron chi connectivity index (χ4n) is 1.67. The molecule has 1 aliphatic rings. The number of alkyl halides is 3. The van der Waals surface area contributed by atoms with Gasteiger partial charge in [-0.25, -0.2) is 4.31 Å². The molecule has 1 unspecified atom stereocenters. The van der Waals surface area contributed by atoms with Crippen molar-refractivity contribution in [3.8, 4) is 0 Å². The molecule has 0 spiro atoms. The van der Waals surface area contributed by atoms with Gasteiger partial charge in [0.1, 0.15) is 6.04 Å². The molecule has 0 aromatic rings. The Hall–Kier alpha value is 0.0200. The van der Waals surface area contributed by atoms with E-state index in [9.17, 15) is 13.2 Å².